The molecule has 3 heteroatoms. The van der Waals surface area contributed by atoms with Crippen LogP contribution in [0.4, 0.5) is 5.69 Å². The van der Waals surface area contributed by atoms with E-state index in [1.165, 1.54) is 43.7 Å². The monoisotopic (exact) mass is 314 g/mol. The van der Waals surface area contributed by atoms with Gasteiger partial charge >= 0.3 is 0 Å². The van der Waals surface area contributed by atoms with Crippen LogP contribution in [0.15, 0.2) is 6.07 Å². The minimum absolute atomic E-state index is 0.744. The Morgan fingerprint density at radius 2 is 2.13 bits per heavy atom. The third-order valence-electron chi connectivity index (χ3n) is 5.78. The first-order valence-electron chi connectivity index (χ1n) is 9.55. The summed E-state index contributed by atoms with van der Waals surface area (Å²) in [7, 11) is 0. The summed E-state index contributed by atoms with van der Waals surface area (Å²) in [4.78, 5) is 2.64. The van der Waals surface area contributed by atoms with Gasteiger partial charge in [-0.2, -0.15) is 0 Å². The van der Waals surface area contributed by atoms with E-state index >= 15 is 0 Å². The van der Waals surface area contributed by atoms with Crippen molar-refractivity contribution in [3.63, 3.8) is 0 Å². The van der Waals surface area contributed by atoms with E-state index in [4.69, 9.17) is 4.74 Å². The molecule has 1 aromatic rings. The molecule has 1 aromatic carbocycles. The number of hydrogen-bond acceptors (Lipinski definition) is 3. The van der Waals surface area contributed by atoms with E-state index < -0.39 is 0 Å². The second-order valence-corrected chi connectivity index (χ2v) is 7.61. The fourth-order valence-corrected chi connectivity index (χ4v) is 4.16. The maximum atomic E-state index is 6.13. The smallest absolute Gasteiger partial charge is 0.143 e. The number of anilines is 1. The molecule has 1 N–H and O–H groups in total. The number of nitrogens with one attached hydrogen (secondary N) is 1. The summed E-state index contributed by atoms with van der Waals surface area (Å²) in [6.45, 7) is 9.96. The lowest BCUT2D eigenvalue weighted by atomic mass is 9.90. The molecule has 126 valence electrons. The summed E-state index contributed by atoms with van der Waals surface area (Å²) in [5.74, 6) is 2.70. The zero-order valence-electron chi connectivity index (χ0n) is 14.7. The first-order chi connectivity index (χ1) is 11.3. The van der Waals surface area contributed by atoms with Gasteiger partial charge in [0.25, 0.3) is 0 Å². The van der Waals surface area contributed by atoms with Gasteiger partial charge in [0.2, 0.25) is 0 Å². The van der Waals surface area contributed by atoms with Crippen molar-refractivity contribution in [1.29, 1.82) is 0 Å². The second kappa shape index (κ2) is 6.35. The van der Waals surface area contributed by atoms with Crippen LogP contribution < -0.4 is 15.0 Å². The fraction of sp³-hybridized carbons (Fsp3) is 0.700. The first kappa shape index (κ1) is 15.3. The summed E-state index contributed by atoms with van der Waals surface area (Å²) >= 11 is 0. The lowest BCUT2D eigenvalue weighted by molar-refractivity contribution is 0.302. The van der Waals surface area contributed by atoms with Crippen molar-refractivity contribution in [2.24, 2.45) is 5.92 Å². The molecule has 4 rings (SSSR count). The van der Waals surface area contributed by atoms with E-state index in [9.17, 15) is 0 Å². The van der Waals surface area contributed by atoms with Gasteiger partial charge < -0.3 is 15.0 Å². The Balaban J connectivity index is 1.80. The third-order valence-corrected chi connectivity index (χ3v) is 5.78. The van der Waals surface area contributed by atoms with Crippen LogP contribution in [0.3, 0.4) is 0 Å². The Hall–Kier alpha value is -1.22. The highest BCUT2D eigenvalue weighted by Gasteiger charge is 2.35. The topological polar surface area (TPSA) is 24.5 Å². The van der Waals surface area contributed by atoms with Crippen LogP contribution in [0.2, 0.25) is 0 Å². The van der Waals surface area contributed by atoms with Crippen LogP contribution in [0.1, 0.15) is 55.7 Å². The average molecular weight is 314 g/mol. The van der Waals surface area contributed by atoms with Crippen molar-refractivity contribution in [3.05, 3.63) is 22.8 Å². The molecule has 3 aliphatic rings. The Morgan fingerprint density at radius 1 is 1.30 bits per heavy atom. The van der Waals surface area contributed by atoms with Gasteiger partial charge in [-0.1, -0.05) is 20.3 Å². The minimum atomic E-state index is 0.744. The molecule has 0 radical (unpaired) electrons. The van der Waals surface area contributed by atoms with Crippen LogP contribution in [-0.2, 0) is 12.8 Å². The number of ether oxygens (including phenoxy) is 1. The van der Waals surface area contributed by atoms with Crippen molar-refractivity contribution in [2.45, 2.75) is 51.9 Å². The van der Waals surface area contributed by atoms with E-state index in [2.05, 4.69) is 30.1 Å². The quantitative estimate of drug-likeness (QED) is 0.920. The van der Waals surface area contributed by atoms with Crippen LogP contribution in [-0.4, -0.2) is 32.8 Å². The summed E-state index contributed by atoms with van der Waals surface area (Å²) in [6.07, 6.45) is 6.32. The highest BCUT2D eigenvalue weighted by Crippen LogP contribution is 2.51. The molecule has 0 saturated heterocycles. The van der Waals surface area contributed by atoms with E-state index in [1.54, 1.807) is 16.7 Å². The summed E-state index contributed by atoms with van der Waals surface area (Å²) in [6, 6.07) is 2.37. The molecule has 0 aromatic heterocycles. The predicted molar refractivity (Wildman–Crippen MR) is 95.9 cm³/mol. The molecule has 0 bridgehead atoms. The van der Waals surface area contributed by atoms with Crippen LogP contribution in [0.5, 0.6) is 5.75 Å². The number of benzene rings is 1. The van der Waals surface area contributed by atoms with Crippen molar-refractivity contribution in [1.82, 2.24) is 5.32 Å². The zero-order valence-corrected chi connectivity index (χ0v) is 14.7. The second-order valence-electron chi connectivity index (χ2n) is 7.61. The van der Waals surface area contributed by atoms with Crippen molar-refractivity contribution < 1.29 is 4.74 Å². The molecule has 0 spiro atoms. The maximum absolute atomic E-state index is 6.13. The Labute approximate surface area is 140 Å². The average Bonchev–Trinajstić information content (AvgIpc) is 3.39. The largest absolute Gasteiger partial charge is 0.490 e. The highest BCUT2D eigenvalue weighted by atomic mass is 16.5. The third kappa shape index (κ3) is 2.96. The SMILES string of the molecule is CC[C@@H](C)CN1CCOc2cc3c(c(C4CC4)c21)CCNCC3. The van der Waals surface area contributed by atoms with E-state index in [1.807, 2.05) is 0 Å². The number of rotatable bonds is 4. The molecule has 1 atom stereocenters. The van der Waals surface area contributed by atoms with Gasteiger partial charge in [0.1, 0.15) is 12.4 Å². The molecule has 2 aliphatic heterocycles. The molecule has 23 heavy (non-hydrogen) atoms. The molecule has 0 unspecified atom stereocenters. The summed E-state index contributed by atoms with van der Waals surface area (Å²) in [5.41, 5.74) is 6.31. The Morgan fingerprint density at radius 3 is 2.91 bits per heavy atom. The molecular weight excluding hydrogens is 284 g/mol. The lowest BCUT2D eigenvalue weighted by Gasteiger charge is -2.36. The molecule has 1 fully saturated rings. The van der Waals surface area contributed by atoms with Gasteiger partial charge in [-0.3, -0.25) is 0 Å². The maximum Gasteiger partial charge on any atom is 0.143 e. The van der Waals surface area contributed by atoms with E-state index in [0.29, 0.717) is 0 Å². The standard InChI is InChI=1S/C20H30N2O/c1-3-14(2)13-22-10-11-23-18-12-16-6-8-21-9-7-17(16)19(20(18)22)15-4-5-15/h12,14-15,21H,3-11,13H2,1-2H3/t14-/m1/s1. The summed E-state index contributed by atoms with van der Waals surface area (Å²) in [5, 5.41) is 3.57. The molecular formula is C20H30N2O. The highest BCUT2D eigenvalue weighted by molar-refractivity contribution is 5.71. The van der Waals surface area contributed by atoms with Crippen molar-refractivity contribution in [3.8, 4) is 5.75 Å². The van der Waals surface area contributed by atoms with Gasteiger partial charge in [-0.25, -0.2) is 0 Å². The number of hydrogen-bond donors (Lipinski definition) is 1. The summed E-state index contributed by atoms with van der Waals surface area (Å²) < 4.78 is 6.13. The molecule has 2 heterocycles. The Kier molecular flexibility index (Phi) is 4.23. The van der Waals surface area contributed by atoms with Gasteiger partial charge in [-0.05, 0) is 73.4 Å². The van der Waals surface area contributed by atoms with E-state index in [0.717, 1.165) is 44.5 Å². The zero-order chi connectivity index (χ0) is 15.8. The van der Waals surface area contributed by atoms with Crippen molar-refractivity contribution in [2.75, 3.05) is 37.7 Å². The number of fused-ring (bicyclic) bond motifs is 2. The van der Waals surface area contributed by atoms with Gasteiger partial charge in [0.15, 0.2) is 0 Å². The Bertz CT molecular complexity index is 579. The molecule has 3 nitrogen and oxygen atoms in total. The van der Waals surface area contributed by atoms with Crippen molar-refractivity contribution >= 4 is 5.69 Å². The van der Waals surface area contributed by atoms with Crippen LogP contribution >= 0.6 is 0 Å². The number of nitrogens with zero attached hydrogens (tertiary/aromatic N) is 1. The molecule has 0 amide bonds. The van der Waals surface area contributed by atoms with Gasteiger partial charge in [0.05, 0.1) is 12.2 Å². The fourth-order valence-electron chi connectivity index (χ4n) is 4.16. The van der Waals surface area contributed by atoms with Gasteiger partial charge in [0, 0.05) is 6.54 Å². The normalized spacial score (nSPS) is 21.9. The lowest BCUT2D eigenvalue weighted by Crippen LogP contribution is -2.37. The van der Waals surface area contributed by atoms with Crippen LogP contribution in [0, 0.1) is 5.92 Å². The van der Waals surface area contributed by atoms with Gasteiger partial charge in [-0.15, -0.1) is 0 Å². The predicted octanol–water partition coefficient (Wildman–Crippen LogP) is 3.50. The van der Waals surface area contributed by atoms with Crippen LogP contribution in [0.25, 0.3) is 0 Å². The first-order valence-corrected chi connectivity index (χ1v) is 9.55. The molecule has 1 aliphatic carbocycles. The van der Waals surface area contributed by atoms with E-state index in [-0.39, 0.29) is 0 Å². The minimum Gasteiger partial charge on any atom is -0.490 e. The molecule has 1 saturated carbocycles.